The molecule has 3 rings (SSSR count). The van der Waals surface area contributed by atoms with Crippen molar-refractivity contribution in [3.05, 3.63) is 35.9 Å². The first-order valence-electron chi connectivity index (χ1n) is 6.57. The van der Waals surface area contributed by atoms with Crippen LogP contribution in [0.25, 0.3) is 0 Å². The lowest BCUT2D eigenvalue weighted by Gasteiger charge is -2.45. The Balaban J connectivity index is 1.74. The minimum atomic E-state index is -1.14. The zero-order chi connectivity index (χ0) is 14.1. The molecule has 1 aromatic carbocycles. The molecule has 2 heterocycles. The summed E-state index contributed by atoms with van der Waals surface area (Å²) in [5, 5.41) is 20.1. The monoisotopic (exact) mass is 282 g/mol. The van der Waals surface area contributed by atoms with Gasteiger partial charge in [-0.15, -0.1) is 0 Å². The highest BCUT2D eigenvalue weighted by atomic mass is 16.7. The number of aliphatic hydroxyl groups excluding tert-OH is 2. The molecule has 0 radical (unpaired) electrons. The fraction of sp³-hybridized carbons (Fsp3) is 0.571. The summed E-state index contributed by atoms with van der Waals surface area (Å²) in [6.45, 7) is 0.272. The summed E-state index contributed by atoms with van der Waals surface area (Å²) in [5.41, 5.74) is 0.863. The zero-order valence-electron chi connectivity index (χ0n) is 11.1. The van der Waals surface area contributed by atoms with Gasteiger partial charge in [-0.25, -0.2) is 0 Å². The first kappa shape index (κ1) is 13.9. The number of methoxy groups -OCH3 is 1. The van der Waals surface area contributed by atoms with Gasteiger partial charge in [-0.2, -0.15) is 0 Å². The van der Waals surface area contributed by atoms with Gasteiger partial charge >= 0.3 is 0 Å². The van der Waals surface area contributed by atoms with Gasteiger partial charge in [0.05, 0.1) is 6.61 Å². The maximum absolute atomic E-state index is 10.1. The van der Waals surface area contributed by atoms with Crippen LogP contribution in [-0.2, 0) is 18.9 Å². The topological polar surface area (TPSA) is 77.4 Å². The molecular weight excluding hydrogens is 264 g/mol. The van der Waals surface area contributed by atoms with Crippen LogP contribution in [0.2, 0.25) is 0 Å². The summed E-state index contributed by atoms with van der Waals surface area (Å²) in [6.07, 6.45) is -4.76. The molecule has 2 saturated heterocycles. The summed E-state index contributed by atoms with van der Waals surface area (Å²) in [7, 11) is 1.41. The van der Waals surface area contributed by atoms with Gasteiger partial charge in [-0.1, -0.05) is 30.3 Å². The number of hydrogen-bond donors (Lipinski definition) is 2. The molecule has 0 bridgehead atoms. The van der Waals surface area contributed by atoms with Crippen LogP contribution in [-0.4, -0.2) is 54.6 Å². The van der Waals surface area contributed by atoms with Gasteiger partial charge in [-0.05, 0) is 0 Å². The van der Waals surface area contributed by atoms with Crippen LogP contribution in [0, 0.1) is 0 Å². The summed E-state index contributed by atoms with van der Waals surface area (Å²) in [6, 6.07) is 9.45. The molecule has 1 unspecified atom stereocenters. The molecule has 2 N–H and O–H groups in total. The quantitative estimate of drug-likeness (QED) is 0.806. The maximum Gasteiger partial charge on any atom is 0.186 e. The number of rotatable bonds is 2. The molecule has 0 amide bonds. The lowest BCUT2D eigenvalue weighted by Crippen LogP contribution is -2.62. The Morgan fingerprint density at radius 1 is 1.10 bits per heavy atom. The van der Waals surface area contributed by atoms with Crippen LogP contribution >= 0.6 is 0 Å². The van der Waals surface area contributed by atoms with E-state index < -0.39 is 37.0 Å². The minimum absolute atomic E-state index is 0.272. The Bertz CT molecular complexity index is 437. The molecular formula is C14H18O6. The van der Waals surface area contributed by atoms with E-state index in [1.807, 2.05) is 30.3 Å². The molecule has 2 aliphatic heterocycles. The van der Waals surface area contributed by atoms with E-state index in [-0.39, 0.29) is 6.61 Å². The Kier molecular flexibility index (Phi) is 4.02. The normalized spacial score (nSPS) is 41.1. The zero-order valence-corrected chi connectivity index (χ0v) is 11.1. The van der Waals surface area contributed by atoms with Crippen molar-refractivity contribution in [2.45, 2.75) is 37.0 Å². The van der Waals surface area contributed by atoms with Gasteiger partial charge in [0.2, 0.25) is 0 Å². The smallest absolute Gasteiger partial charge is 0.186 e. The van der Waals surface area contributed by atoms with E-state index >= 15 is 0 Å². The van der Waals surface area contributed by atoms with E-state index in [4.69, 9.17) is 18.9 Å². The molecule has 6 heteroatoms. The Hall–Kier alpha value is -1.02. The standard InChI is InChI=1S/C14H18O6/c1-17-14-11(16)10(15)12-9(19-14)7-18-13(20-12)8-5-3-2-4-6-8/h2-6,9-16H,7H2,1H3/t9-,10-,11-,12-,13?,14+/m1/s1. The highest BCUT2D eigenvalue weighted by Gasteiger charge is 2.48. The van der Waals surface area contributed by atoms with Crippen molar-refractivity contribution in [3.63, 3.8) is 0 Å². The molecule has 0 aliphatic carbocycles. The van der Waals surface area contributed by atoms with Crippen LogP contribution in [0.4, 0.5) is 0 Å². The molecule has 1 aromatic rings. The molecule has 20 heavy (non-hydrogen) atoms. The van der Waals surface area contributed by atoms with E-state index in [0.29, 0.717) is 0 Å². The van der Waals surface area contributed by atoms with E-state index in [2.05, 4.69) is 0 Å². The summed E-state index contributed by atoms with van der Waals surface area (Å²) in [4.78, 5) is 0. The molecule has 2 aliphatic rings. The average molecular weight is 282 g/mol. The molecule has 0 saturated carbocycles. The Morgan fingerprint density at radius 2 is 1.85 bits per heavy atom. The van der Waals surface area contributed by atoms with Gasteiger partial charge in [0.1, 0.15) is 24.4 Å². The van der Waals surface area contributed by atoms with Crippen molar-refractivity contribution >= 4 is 0 Å². The molecule has 2 fully saturated rings. The number of benzene rings is 1. The van der Waals surface area contributed by atoms with Gasteiger partial charge in [0, 0.05) is 12.7 Å². The largest absolute Gasteiger partial charge is 0.387 e. The van der Waals surface area contributed by atoms with Crippen LogP contribution in [0.5, 0.6) is 0 Å². The Labute approximate surface area is 116 Å². The predicted octanol–water partition coefficient (Wildman–Crippen LogP) is 0.194. The van der Waals surface area contributed by atoms with Crippen molar-refractivity contribution < 1.29 is 29.2 Å². The number of hydrogen-bond acceptors (Lipinski definition) is 6. The third-order valence-corrected chi connectivity index (χ3v) is 3.64. The van der Waals surface area contributed by atoms with Crippen LogP contribution in [0.1, 0.15) is 11.9 Å². The van der Waals surface area contributed by atoms with Crippen LogP contribution < -0.4 is 0 Å². The van der Waals surface area contributed by atoms with E-state index in [1.54, 1.807) is 0 Å². The van der Waals surface area contributed by atoms with Crippen molar-refractivity contribution in [2.75, 3.05) is 13.7 Å². The second-order valence-corrected chi connectivity index (χ2v) is 4.94. The fourth-order valence-corrected chi connectivity index (χ4v) is 2.55. The van der Waals surface area contributed by atoms with E-state index in [1.165, 1.54) is 7.11 Å². The predicted molar refractivity (Wildman–Crippen MR) is 67.7 cm³/mol. The molecule has 110 valence electrons. The van der Waals surface area contributed by atoms with Crippen LogP contribution in [0.15, 0.2) is 30.3 Å². The van der Waals surface area contributed by atoms with Crippen molar-refractivity contribution in [2.24, 2.45) is 0 Å². The first-order chi connectivity index (χ1) is 9.70. The van der Waals surface area contributed by atoms with Crippen LogP contribution in [0.3, 0.4) is 0 Å². The fourth-order valence-electron chi connectivity index (χ4n) is 2.55. The first-order valence-corrected chi connectivity index (χ1v) is 6.57. The second-order valence-electron chi connectivity index (χ2n) is 4.94. The highest BCUT2D eigenvalue weighted by Crippen LogP contribution is 2.33. The maximum atomic E-state index is 10.1. The van der Waals surface area contributed by atoms with Gasteiger partial charge in [-0.3, -0.25) is 0 Å². The third kappa shape index (κ3) is 2.46. The lowest BCUT2D eigenvalue weighted by atomic mass is 9.98. The summed E-state index contributed by atoms with van der Waals surface area (Å²) < 4.78 is 21.9. The minimum Gasteiger partial charge on any atom is -0.387 e. The second kappa shape index (κ2) is 5.77. The van der Waals surface area contributed by atoms with Crippen molar-refractivity contribution in [3.8, 4) is 0 Å². The number of fused-ring (bicyclic) bond motifs is 1. The van der Waals surface area contributed by atoms with E-state index in [9.17, 15) is 10.2 Å². The van der Waals surface area contributed by atoms with Crippen molar-refractivity contribution in [1.29, 1.82) is 0 Å². The van der Waals surface area contributed by atoms with E-state index in [0.717, 1.165) is 5.56 Å². The SMILES string of the molecule is CO[C@H]1O[C@@H]2COC(c3ccccc3)O[C@H]2[C@H](O)[C@H]1O. The highest BCUT2D eigenvalue weighted by molar-refractivity contribution is 5.16. The summed E-state index contributed by atoms with van der Waals surface area (Å²) >= 11 is 0. The van der Waals surface area contributed by atoms with Gasteiger partial charge in [0.15, 0.2) is 12.6 Å². The summed E-state index contributed by atoms with van der Waals surface area (Å²) in [5.74, 6) is 0. The van der Waals surface area contributed by atoms with Gasteiger partial charge < -0.3 is 29.2 Å². The number of aliphatic hydroxyl groups is 2. The molecule has 0 aromatic heterocycles. The molecule has 0 spiro atoms. The van der Waals surface area contributed by atoms with Gasteiger partial charge in [0.25, 0.3) is 0 Å². The molecule has 6 atom stereocenters. The Morgan fingerprint density at radius 3 is 2.55 bits per heavy atom. The average Bonchev–Trinajstić information content (AvgIpc) is 2.51. The third-order valence-electron chi connectivity index (χ3n) is 3.64. The lowest BCUT2D eigenvalue weighted by molar-refractivity contribution is -0.358. The van der Waals surface area contributed by atoms with Crippen molar-refractivity contribution in [1.82, 2.24) is 0 Å². The number of ether oxygens (including phenoxy) is 4. The molecule has 6 nitrogen and oxygen atoms in total.